The van der Waals surface area contributed by atoms with E-state index in [0.717, 1.165) is 30.3 Å². The van der Waals surface area contributed by atoms with Gasteiger partial charge in [0.05, 0.1) is 18.1 Å². The van der Waals surface area contributed by atoms with E-state index < -0.39 is 40.1 Å². The maximum Gasteiger partial charge on any atom is 0.315 e. The van der Waals surface area contributed by atoms with Gasteiger partial charge in [0.1, 0.15) is 23.3 Å². The minimum absolute atomic E-state index is 0.00239. The lowest BCUT2D eigenvalue weighted by Crippen LogP contribution is -2.63. The minimum atomic E-state index is -1.31. The van der Waals surface area contributed by atoms with Crippen LogP contribution in [0.2, 0.25) is 0 Å². The van der Waals surface area contributed by atoms with Crippen molar-refractivity contribution in [3.05, 3.63) is 47.5 Å². The monoisotopic (exact) mass is 585 g/mol. The van der Waals surface area contributed by atoms with Crippen LogP contribution >= 0.6 is 11.6 Å². The number of aliphatic carboxylic acids is 1. The van der Waals surface area contributed by atoms with Crippen molar-refractivity contribution in [3.8, 4) is 0 Å². The number of β-amino-alcohol motifs (C(OH)–C–C–N with tert-alkyl or cyclic N) is 1. The summed E-state index contributed by atoms with van der Waals surface area (Å²) in [6.07, 6.45) is 4.20. The molecule has 2 N–H and O–H groups in total. The molecular weight excluding hydrogens is 542 g/mol. The van der Waals surface area contributed by atoms with Crippen LogP contribution in [0.4, 0.5) is 0 Å². The summed E-state index contributed by atoms with van der Waals surface area (Å²) >= 11 is 6.84. The highest BCUT2D eigenvalue weighted by molar-refractivity contribution is 6.20. The number of carbonyl (C=O) groups excluding carboxylic acids is 1. The van der Waals surface area contributed by atoms with Crippen molar-refractivity contribution < 1.29 is 29.3 Å². The average molecular weight is 586 g/mol. The summed E-state index contributed by atoms with van der Waals surface area (Å²) in [4.78, 5) is 28.9. The van der Waals surface area contributed by atoms with E-state index in [4.69, 9.17) is 21.1 Å². The summed E-state index contributed by atoms with van der Waals surface area (Å²) in [5.74, 6) is -0.201. The number of rotatable bonds is 8. The van der Waals surface area contributed by atoms with Crippen LogP contribution < -0.4 is 0 Å². The molecule has 7 nitrogen and oxygen atoms in total. The number of carboxylic acids is 1. The molecule has 0 aromatic heterocycles. The molecular formula is C33H44ClNO6. The molecule has 6 rings (SSSR count). The Bertz CT molecular complexity index is 1210. The first kappa shape index (κ1) is 29.3. The first-order chi connectivity index (χ1) is 19.5. The van der Waals surface area contributed by atoms with Crippen molar-refractivity contribution in [2.24, 2.45) is 45.8 Å². The molecule has 0 spiro atoms. The zero-order chi connectivity index (χ0) is 29.3. The van der Waals surface area contributed by atoms with Crippen LogP contribution in [0.15, 0.2) is 42.0 Å². The summed E-state index contributed by atoms with van der Waals surface area (Å²) in [6.45, 7) is 9.16. The Labute approximate surface area is 248 Å². The van der Waals surface area contributed by atoms with Gasteiger partial charge in [0.15, 0.2) is 6.29 Å². The van der Waals surface area contributed by atoms with E-state index in [2.05, 4.69) is 13.0 Å². The second kappa shape index (κ2) is 10.4. The highest BCUT2D eigenvalue weighted by Crippen LogP contribution is 2.82. The number of carbonyl (C=O) groups is 2. The van der Waals surface area contributed by atoms with Gasteiger partial charge in [-0.05, 0) is 61.3 Å². The normalized spacial score (nSPS) is 44.4. The molecule has 1 aliphatic heterocycles. The summed E-state index contributed by atoms with van der Waals surface area (Å²) in [6, 6.07) is 9.76. The predicted octanol–water partition coefficient (Wildman–Crippen LogP) is 5.27. The Kier molecular flexibility index (Phi) is 7.47. The lowest BCUT2D eigenvalue weighted by molar-refractivity contribution is -0.235. The van der Waals surface area contributed by atoms with Gasteiger partial charge in [-0.15, -0.1) is 11.6 Å². The number of aliphatic hydroxyl groups excluding tert-OH is 1. The molecule has 0 radical (unpaired) electrons. The van der Waals surface area contributed by atoms with Gasteiger partial charge in [-0.1, -0.05) is 69.2 Å². The third-order valence-electron chi connectivity index (χ3n) is 11.6. The number of hydrogen-bond acceptors (Lipinski definition) is 6. The number of aldehydes is 1. The molecule has 4 unspecified atom stereocenters. The molecule has 8 heteroatoms. The predicted molar refractivity (Wildman–Crippen MR) is 155 cm³/mol. The SMILES string of the molecule is CC(C)C1=CC2CC3(C=O)[C@@H]4CC[C@@H](C)[C@H]4CC2(CO[C@@H]2O[C@H](C)CN(C(Cl)c4ccccc4)C[C@@H]2O)[C@]13C(=O)O. The molecule has 41 heavy (non-hydrogen) atoms. The lowest BCUT2D eigenvalue weighted by atomic mass is 9.43. The van der Waals surface area contributed by atoms with Crippen molar-refractivity contribution >= 4 is 23.9 Å². The van der Waals surface area contributed by atoms with Gasteiger partial charge in [0.2, 0.25) is 0 Å². The van der Waals surface area contributed by atoms with Gasteiger partial charge in [-0.2, -0.15) is 0 Å². The van der Waals surface area contributed by atoms with Crippen molar-refractivity contribution in [2.75, 3.05) is 19.7 Å². The van der Waals surface area contributed by atoms with Gasteiger partial charge >= 0.3 is 5.97 Å². The zero-order valence-electron chi connectivity index (χ0n) is 24.5. The largest absolute Gasteiger partial charge is 0.481 e. The average Bonchev–Trinajstić information content (AvgIpc) is 3.47. The first-order valence-electron chi connectivity index (χ1n) is 15.3. The molecule has 11 atom stereocenters. The standard InChI is InChI=1S/C33H44ClNO6/c1-19(2)26-12-23-13-31(17-36)25-11-10-20(3)24(25)14-32(23,33(26,31)30(38)39)18-40-29-27(37)16-35(15-21(4)41-29)28(34)22-8-6-5-7-9-22/h5-9,12,17,19-21,23-25,27-29,37H,10-11,13-16,18H2,1-4H3,(H,38,39)/t20-,21-,23?,24-,25-,27+,28?,29-,31?,32?,33+/m1/s1. The van der Waals surface area contributed by atoms with E-state index in [9.17, 15) is 19.8 Å². The zero-order valence-corrected chi connectivity index (χ0v) is 25.3. The Hall–Kier alpha value is -1.77. The van der Waals surface area contributed by atoms with E-state index >= 15 is 0 Å². The highest BCUT2D eigenvalue weighted by Gasteiger charge is 2.84. The third-order valence-corrected chi connectivity index (χ3v) is 12.1. The maximum absolute atomic E-state index is 13.7. The van der Waals surface area contributed by atoms with Crippen LogP contribution in [0.25, 0.3) is 0 Å². The van der Waals surface area contributed by atoms with Crippen LogP contribution in [-0.4, -0.2) is 65.6 Å². The summed E-state index contributed by atoms with van der Waals surface area (Å²) in [7, 11) is 0. The Morgan fingerprint density at radius 3 is 2.59 bits per heavy atom. The number of aliphatic hydroxyl groups is 1. The second-order valence-corrected chi connectivity index (χ2v) is 14.3. The molecule has 0 amide bonds. The number of allylic oxidation sites excluding steroid dienone is 1. The lowest BCUT2D eigenvalue weighted by Gasteiger charge is -2.58. The van der Waals surface area contributed by atoms with E-state index in [1.807, 2.05) is 56.0 Å². The van der Waals surface area contributed by atoms with Crippen molar-refractivity contribution in [2.45, 2.75) is 77.4 Å². The summed E-state index contributed by atoms with van der Waals surface area (Å²) < 4.78 is 12.8. The number of hydrogen-bond donors (Lipinski definition) is 2. The van der Waals surface area contributed by atoms with Crippen LogP contribution in [0.3, 0.4) is 0 Å². The highest BCUT2D eigenvalue weighted by atomic mass is 35.5. The minimum Gasteiger partial charge on any atom is -0.481 e. The number of nitrogens with zero attached hydrogens (tertiary/aromatic N) is 1. The van der Waals surface area contributed by atoms with Crippen LogP contribution in [0.5, 0.6) is 0 Å². The molecule has 5 aliphatic rings. The quantitative estimate of drug-likeness (QED) is 0.186. The number of halogens is 1. The fourth-order valence-corrected chi connectivity index (χ4v) is 10.4. The fraction of sp³-hybridized carbons (Fsp3) is 0.697. The maximum atomic E-state index is 13.7. The first-order valence-corrected chi connectivity index (χ1v) is 15.8. The molecule has 1 aromatic rings. The Morgan fingerprint density at radius 1 is 1.20 bits per heavy atom. The molecule has 3 saturated carbocycles. The third kappa shape index (κ3) is 3.98. The van der Waals surface area contributed by atoms with E-state index in [-0.39, 0.29) is 42.9 Å². The van der Waals surface area contributed by atoms with Gasteiger partial charge in [0, 0.05) is 18.5 Å². The Morgan fingerprint density at radius 2 is 1.93 bits per heavy atom. The summed E-state index contributed by atoms with van der Waals surface area (Å²) in [5.41, 5.74) is -1.63. The summed E-state index contributed by atoms with van der Waals surface area (Å²) in [5, 5.41) is 22.5. The van der Waals surface area contributed by atoms with Crippen LogP contribution in [0.1, 0.15) is 64.4 Å². The molecule has 4 fully saturated rings. The number of ether oxygens (including phenoxy) is 2. The fourth-order valence-electron chi connectivity index (χ4n) is 10.1. The van der Waals surface area contributed by atoms with Gasteiger partial charge < -0.3 is 24.5 Å². The molecule has 4 bridgehead atoms. The van der Waals surface area contributed by atoms with Gasteiger partial charge in [0.25, 0.3) is 0 Å². The van der Waals surface area contributed by atoms with Gasteiger partial charge in [-0.3, -0.25) is 9.69 Å². The van der Waals surface area contributed by atoms with E-state index in [1.165, 1.54) is 0 Å². The number of alkyl halides is 1. The van der Waals surface area contributed by atoms with Crippen LogP contribution in [0, 0.1) is 45.8 Å². The van der Waals surface area contributed by atoms with Crippen LogP contribution in [-0.2, 0) is 19.1 Å². The number of fused-ring (bicyclic) bond motifs is 2. The molecule has 224 valence electrons. The smallest absolute Gasteiger partial charge is 0.315 e. The topological polar surface area (TPSA) is 96.3 Å². The molecule has 1 heterocycles. The van der Waals surface area contributed by atoms with E-state index in [1.54, 1.807) is 0 Å². The number of carboxylic acid groups (broad SMARTS) is 1. The van der Waals surface area contributed by atoms with E-state index in [0.29, 0.717) is 25.3 Å². The van der Waals surface area contributed by atoms with Crippen molar-refractivity contribution in [3.63, 3.8) is 0 Å². The molecule has 1 saturated heterocycles. The molecule has 1 aromatic carbocycles. The number of benzene rings is 1. The van der Waals surface area contributed by atoms with Crippen molar-refractivity contribution in [1.29, 1.82) is 0 Å². The molecule has 4 aliphatic carbocycles. The van der Waals surface area contributed by atoms with Crippen molar-refractivity contribution in [1.82, 2.24) is 4.90 Å². The Balaban J connectivity index is 1.32. The van der Waals surface area contributed by atoms with Gasteiger partial charge in [-0.25, -0.2) is 0 Å². The second-order valence-electron chi connectivity index (χ2n) is 13.9.